The van der Waals surface area contributed by atoms with Crippen LogP contribution in [0.25, 0.3) is 5.82 Å². The summed E-state index contributed by atoms with van der Waals surface area (Å²) in [4.78, 5) is 10.9. The Labute approximate surface area is 167 Å². The molecular formula is C19H25Cl2N5. The molecule has 0 atom stereocenters. The zero-order valence-corrected chi connectivity index (χ0v) is 16.2. The van der Waals surface area contributed by atoms with Gasteiger partial charge in [0, 0.05) is 44.8 Å². The van der Waals surface area contributed by atoms with Gasteiger partial charge in [-0.05, 0) is 23.6 Å². The van der Waals surface area contributed by atoms with Gasteiger partial charge in [-0.2, -0.15) is 0 Å². The van der Waals surface area contributed by atoms with E-state index < -0.39 is 0 Å². The number of aromatic nitrogens is 3. The molecule has 0 fully saturated rings. The van der Waals surface area contributed by atoms with Gasteiger partial charge in [0.2, 0.25) is 0 Å². The van der Waals surface area contributed by atoms with Crippen LogP contribution in [0, 0.1) is 0 Å². The Hall–Kier alpha value is -1.92. The van der Waals surface area contributed by atoms with Crippen LogP contribution in [0.2, 0.25) is 0 Å². The van der Waals surface area contributed by atoms with Crippen LogP contribution in [0.3, 0.4) is 0 Å². The van der Waals surface area contributed by atoms with Crippen molar-refractivity contribution in [1.82, 2.24) is 19.4 Å². The topological polar surface area (TPSA) is 60.0 Å². The van der Waals surface area contributed by atoms with Crippen LogP contribution in [-0.2, 0) is 13.0 Å². The number of imidazole rings is 1. The van der Waals surface area contributed by atoms with Crippen molar-refractivity contribution >= 4 is 24.8 Å². The Bertz CT molecular complexity index is 717. The minimum Gasteiger partial charge on any atom is -0.329 e. The Morgan fingerprint density at radius 1 is 0.962 bits per heavy atom. The van der Waals surface area contributed by atoms with E-state index in [-0.39, 0.29) is 24.8 Å². The number of rotatable bonds is 8. The Morgan fingerprint density at radius 3 is 2.38 bits per heavy atom. The quantitative estimate of drug-likeness (QED) is 0.638. The molecule has 26 heavy (non-hydrogen) atoms. The normalized spacial score (nSPS) is 10.2. The third kappa shape index (κ3) is 6.42. The van der Waals surface area contributed by atoms with Gasteiger partial charge in [-0.1, -0.05) is 36.4 Å². The summed E-state index contributed by atoms with van der Waals surface area (Å²) in [7, 11) is 0. The third-order valence-corrected chi connectivity index (χ3v) is 3.99. The van der Waals surface area contributed by atoms with Crippen LogP contribution in [0.1, 0.15) is 11.1 Å². The summed E-state index contributed by atoms with van der Waals surface area (Å²) >= 11 is 0. The lowest BCUT2D eigenvalue weighted by Crippen LogP contribution is -2.31. The van der Waals surface area contributed by atoms with E-state index in [9.17, 15) is 0 Å². The first-order valence-corrected chi connectivity index (χ1v) is 8.25. The molecule has 0 saturated heterocycles. The summed E-state index contributed by atoms with van der Waals surface area (Å²) in [5.41, 5.74) is 8.32. The summed E-state index contributed by atoms with van der Waals surface area (Å²) in [5, 5.41) is 0. The predicted molar refractivity (Wildman–Crippen MR) is 110 cm³/mol. The van der Waals surface area contributed by atoms with E-state index in [2.05, 4.69) is 51.3 Å². The molecule has 0 amide bonds. The molecule has 0 spiro atoms. The first kappa shape index (κ1) is 22.1. The first-order chi connectivity index (χ1) is 11.8. The van der Waals surface area contributed by atoms with Gasteiger partial charge < -0.3 is 5.73 Å². The zero-order chi connectivity index (χ0) is 16.6. The second kappa shape index (κ2) is 11.6. The van der Waals surface area contributed by atoms with Crippen molar-refractivity contribution in [2.45, 2.75) is 13.0 Å². The van der Waals surface area contributed by atoms with Crippen molar-refractivity contribution in [1.29, 1.82) is 0 Å². The monoisotopic (exact) mass is 393 g/mol. The molecule has 0 aliphatic rings. The molecular weight excluding hydrogens is 369 g/mol. The van der Waals surface area contributed by atoms with Crippen molar-refractivity contribution in [3.05, 3.63) is 78.5 Å². The predicted octanol–water partition coefficient (Wildman–Crippen LogP) is 3.11. The molecule has 3 rings (SSSR count). The van der Waals surface area contributed by atoms with E-state index in [1.807, 2.05) is 23.0 Å². The molecule has 0 bridgehead atoms. The molecule has 0 radical (unpaired) electrons. The van der Waals surface area contributed by atoms with Crippen molar-refractivity contribution in [3.63, 3.8) is 0 Å². The third-order valence-electron chi connectivity index (χ3n) is 3.99. The average Bonchev–Trinajstić information content (AvgIpc) is 3.16. The Morgan fingerprint density at radius 2 is 1.77 bits per heavy atom. The van der Waals surface area contributed by atoms with Crippen LogP contribution in [0.4, 0.5) is 0 Å². The van der Waals surface area contributed by atoms with Gasteiger partial charge in [0.15, 0.2) is 0 Å². The summed E-state index contributed by atoms with van der Waals surface area (Å²) in [6.07, 6.45) is 8.36. The van der Waals surface area contributed by atoms with Gasteiger partial charge in [-0.3, -0.25) is 9.47 Å². The molecule has 0 aliphatic carbocycles. The zero-order valence-electron chi connectivity index (χ0n) is 14.6. The van der Waals surface area contributed by atoms with E-state index in [0.717, 1.165) is 31.9 Å². The largest absolute Gasteiger partial charge is 0.329 e. The summed E-state index contributed by atoms with van der Waals surface area (Å²) in [6.45, 7) is 3.40. The molecule has 3 aromatic rings. The van der Waals surface area contributed by atoms with E-state index in [4.69, 9.17) is 5.73 Å². The highest BCUT2D eigenvalue weighted by molar-refractivity contribution is 5.85. The minimum atomic E-state index is 0. The average molecular weight is 394 g/mol. The summed E-state index contributed by atoms with van der Waals surface area (Å²) in [6, 6.07) is 14.7. The number of hydrogen-bond acceptors (Lipinski definition) is 4. The lowest BCUT2D eigenvalue weighted by molar-refractivity contribution is 0.276. The maximum Gasteiger partial charge on any atom is 0.137 e. The standard InChI is InChI=1S/C19H23N5.2ClH/c20-9-12-23(11-8-17-4-2-1-3-5-17)15-18-6-7-19(22-14-18)24-13-10-21-16-24;;/h1-7,10,13-14,16H,8-9,11-12,15,20H2;2*1H. The van der Waals surface area contributed by atoms with Crippen LogP contribution >= 0.6 is 24.8 Å². The van der Waals surface area contributed by atoms with E-state index >= 15 is 0 Å². The minimum absolute atomic E-state index is 0. The second-order valence-electron chi connectivity index (χ2n) is 5.80. The SMILES string of the molecule is Cl.Cl.NCCN(CCc1ccccc1)Cc1ccc(-n2ccnc2)nc1. The van der Waals surface area contributed by atoms with Gasteiger partial charge in [-0.25, -0.2) is 9.97 Å². The molecule has 140 valence electrons. The number of nitrogens with two attached hydrogens (primary N) is 1. The number of pyridine rings is 1. The number of hydrogen-bond donors (Lipinski definition) is 1. The molecule has 2 aromatic heterocycles. The lowest BCUT2D eigenvalue weighted by Gasteiger charge is -2.21. The number of benzene rings is 1. The van der Waals surface area contributed by atoms with Gasteiger partial charge in [0.05, 0.1) is 0 Å². The van der Waals surface area contributed by atoms with Crippen molar-refractivity contribution in [2.75, 3.05) is 19.6 Å². The van der Waals surface area contributed by atoms with Gasteiger partial charge in [0.1, 0.15) is 12.1 Å². The molecule has 0 unspecified atom stereocenters. The van der Waals surface area contributed by atoms with E-state index in [1.54, 1.807) is 12.5 Å². The summed E-state index contributed by atoms with van der Waals surface area (Å²) in [5.74, 6) is 0.880. The molecule has 2 N–H and O–H groups in total. The lowest BCUT2D eigenvalue weighted by atomic mass is 10.1. The molecule has 2 heterocycles. The fourth-order valence-corrected chi connectivity index (χ4v) is 2.70. The summed E-state index contributed by atoms with van der Waals surface area (Å²) < 4.78 is 1.90. The molecule has 5 nitrogen and oxygen atoms in total. The molecule has 0 aliphatic heterocycles. The second-order valence-corrected chi connectivity index (χ2v) is 5.80. The fraction of sp³-hybridized carbons (Fsp3) is 0.263. The van der Waals surface area contributed by atoms with Crippen molar-refractivity contribution in [3.8, 4) is 5.82 Å². The highest BCUT2D eigenvalue weighted by atomic mass is 35.5. The highest BCUT2D eigenvalue weighted by Crippen LogP contribution is 2.09. The fourth-order valence-electron chi connectivity index (χ4n) is 2.70. The van der Waals surface area contributed by atoms with Crippen LogP contribution in [0.5, 0.6) is 0 Å². The van der Waals surface area contributed by atoms with Gasteiger partial charge in [0.25, 0.3) is 0 Å². The smallest absolute Gasteiger partial charge is 0.137 e. The van der Waals surface area contributed by atoms with Crippen LogP contribution in [0.15, 0.2) is 67.4 Å². The molecule has 1 aromatic carbocycles. The molecule has 0 saturated carbocycles. The van der Waals surface area contributed by atoms with Crippen molar-refractivity contribution < 1.29 is 0 Å². The number of nitrogens with zero attached hydrogens (tertiary/aromatic N) is 4. The Kier molecular flexibility index (Phi) is 9.91. The highest BCUT2D eigenvalue weighted by Gasteiger charge is 2.07. The van der Waals surface area contributed by atoms with Gasteiger partial charge >= 0.3 is 0 Å². The van der Waals surface area contributed by atoms with Crippen LogP contribution < -0.4 is 5.73 Å². The van der Waals surface area contributed by atoms with Gasteiger partial charge in [-0.15, -0.1) is 24.8 Å². The van der Waals surface area contributed by atoms with E-state index in [0.29, 0.717) is 6.54 Å². The molecule has 7 heteroatoms. The Balaban J connectivity index is 0.00000169. The van der Waals surface area contributed by atoms with Crippen LogP contribution in [-0.4, -0.2) is 39.1 Å². The maximum atomic E-state index is 5.77. The maximum absolute atomic E-state index is 5.77. The number of halogens is 2. The van der Waals surface area contributed by atoms with Crippen molar-refractivity contribution in [2.24, 2.45) is 5.73 Å². The first-order valence-electron chi connectivity index (χ1n) is 8.25. The van der Waals surface area contributed by atoms with E-state index in [1.165, 1.54) is 11.1 Å².